The van der Waals surface area contributed by atoms with Gasteiger partial charge in [0.15, 0.2) is 15.6 Å². The Balaban J connectivity index is 0.814. The molecule has 0 N–H and O–H groups in total. The highest BCUT2D eigenvalue weighted by molar-refractivity contribution is 7.91. The van der Waals surface area contributed by atoms with Crippen LogP contribution in [0.5, 0.6) is 5.75 Å². The summed E-state index contributed by atoms with van der Waals surface area (Å²) in [5, 5.41) is 30.6. The van der Waals surface area contributed by atoms with Gasteiger partial charge in [0.1, 0.15) is 32.1 Å². The Hall–Kier alpha value is -10.5. The maximum absolute atomic E-state index is 13.2. The van der Waals surface area contributed by atoms with Crippen molar-refractivity contribution in [1.82, 2.24) is 0 Å². The number of nitro groups is 1. The van der Waals surface area contributed by atoms with E-state index < -0.39 is 32.7 Å². The van der Waals surface area contributed by atoms with E-state index in [1.165, 1.54) is 30.3 Å². The second kappa shape index (κ2) is 31.2. The zero-order valence-corrected chi connectivity index (χ0v) is 48.0. The Bertz CT molecular complexity index is 3900. The Morgan fingerprint density at radius 2 is 1.12 bits per heavy atom. The summed E-state index contributed by atoms with van der Waals surface area (Å²) >= 11 is 0. The predicted molar refractivity (Wildman–Crippen MR) is 330 cm³/mol. The van der Waals surface area contributed by atoms with Crippen LogP contribution in [0.3, 0.4) is 0 Å². The van der Waals surface area contributed by atoms with Gasteiger partial charge in [-0.15, -0.1) is 17.5 Å². The first-order valence-electron chi connectivity index (χ1n) is 27.7. The molecule has 8 aromatic carbocycles. The molecule has 0 aromatic heterocycles. The molecule has 8 rings (SSSR count). The molecule has 86 heavy (non-hydrogen) atoms. The average molecular weight is 1170 g/mol. The van der Waals surface area contributed by atoms with Crippen molar-refractivity contribution in [2.24, 2.45) is 20.5 Å². The molecule has 0 aliphatic carbocycles. The number of carbonyl (C=O) groups excluding carboxylic acids is 3. The van der Waals surface area contributed by atoms with Crippen LogP contribution in [0.4, 0.5) is 39.8 Å². The highest BCUT2D eigenvalue weighted by Gasteiger charge is 2.17. The standard InChI is InChI=1S/C67H61N7O11S/c1-3-5-13-41-72(57-33-29-55(30-34-57)70-71-63-40-37-59(74(78)79)49-64(63)82-47-48-85-67(77)62-22-15-20-51-17-11-12-21-61(51)62)42-14-7-8-16-50-23-25-53(26-24-50)66(76)84-46-44-73(43-45-83-65(75)52-18-9-6-10-19-52)58-35-27-54(28-36-58)68-69-56-31-38-60(39-32-56)86(80,81)4-2/h1,6,9-12,15,17-40,49H,4-5,7,13-14,41-48H2,2H3. The molecule has 18 nitrogen and oxygen atoms in total. The Labute approximate surface area is 499 Å². The fourth-order valence-electron chi connectivity index (χ4n) is 8.72. The average Bonchev–Trinajstić information content (AvgIpc) is 3.32. The van der Waals surface area contributed by atoms with E-state index in [0.717, 1.165) is 47.1 Å². The fraction of sp³-hybridized carbons (Fsp3) is 0.209. The largest absolute Gasteiger partial charge is 0.487 e. The molecule has 0 fully saturated rings. The molecule has 0 radical (unpaired) electrons. The quantitative estimate of drug-likeness (QED) is 0.00848. The van der Waals surface area contributed by atoms with Crippen LogP contribution in [0.2, 0.25) is 0 Å². The van der Waals surface area contributed by atoms with Crippen LogP contribution < -0.4 is 14.5 Å². The van der Waals surface area contributed by atoms with Crippen molar-refractivity contribution < 1.29 is 46.7 Å². The maximum Gasteiger partial charge on any atom is 0.338 e. The van der Waals surface area contributed by atoms with Gasteiger partial charge in [-0.25, -0.2) is 22.8 Å². The Morgan fingerprint density at radius 3 is 1.73 bits per heavy atom. The van der Waals surface area contributed by atoms with Crippen LogP contribution in [-0.2, 0) is 24.0 Å². The molecule has 19 heteroatoms. The number of benzene rings is 8. The van der Waals surface area contributed by atoms with Gasteiger partial charge in [-0.1, -0.05) is 73.4 Å². The first kappa shape index (κ1) is 61.6. The van der Waals surface area contributed by atoms with E-state index in [9.17, 15) is 32.9 Å². The van der Waals surface area contributed by atoms with Crippen molar-refractivity contribution in [1.29, 1.82) is 0 Å². The van der Waals surface area contributed by atoms with Gasteiger partial charge >= 0.3 is 17.9 Å². The van der Waals surface area contributed by atoms with Crippen molar-refractivity contribution in [2.45, 2.75) is 37.5 Å². The SMILES string of the molecule is C#CCCCN(CCCC#Cc1ccc(C(=O)OCCN(CCOC(=O)c2ccccc2)c2ccc(N=Nc3ccc(S(=O)(=O)CC)cc3)cc2)cc1)c1ccc(N=Nc2ccc([N+](=O)[O-])cc2OCCOC(=O)c2cccc3ccccc23)cc1. The number of azo groups is 2. The number of hydrogen-bond donors (Lipinski definition) is 0. The van der Waals surface area contributed by atoms with Crippen LogP contribution in [0.25, 0.3) is 10.8 Å². The molecule has 0 heterocycles. The van der Waals surface area contributed by atoms with Crippen molar-refractivity contribution in [3.63, 3.8) is 0 Å². The number of esters is 3. The van der Waals surface area contributed by atoms with Crippen LogP contribution in [0.15, 0.2) is 213 Å². The summed E-state index contributed by atoms with van der Waals surface area (Å²) in [6.07, 6.45) is 8.36. The molecule has 0 aliphatic heterocycles. The highest BCUT2D eigenvalue weighted by Crippen LogP contribution is 2.34. The number of terminal acetylenes is 1. The van der Waals surface area contributed by atoms with E-state index in [0.29, 0.717) is 59.7 Å². The number of non-ortho nitro benzene ring substituents is 1. The molecule has 0 amide bonds. The third-order valence-electron chi connectivity index (χ3n) is 13.3. The normalized spacial score (nSPS) is 11.1. The smallest absolute Gasteiger partial charge is 0.338 e. The molecule has 0 aliphatic rings. The number of hydrogen-bond acceptors (Lipinski definition) is 17. The molecule has 436 valence electrons. The maximum atomic E-state index is 13.2. The molecule has 0 spiro atoms. The molecule has 0 unspecified atom stereocenters. The first-order chi connectivity index (χ1) is 41.9. The number of carbonyl (C=O) groups is 3. The summed E-state index contributed by atoms with van der Waals surface area (Å²) in [6.45, 7) is 3.50. The summed E-state index contributed by atoms with van der Waals surface area (Å²) in [5.74, 6) is 7.77. The topological polar surface area (TPSA) is 221 Å². The number of nitrogens with zero attached hydrogens (tertiary/aromatic N) is 7. The lowest BCUT2D eigenvalue weighted by atomic mass is 10.1. The number of rotatable bonds is 28. The number of fused-ring (bicyclic) bond motifs is 1. The lowest BCUT2D eigenvalue weighted by molar-refractivity contribution is -0.384. The van der Waals surface area contributed by atoms with Gasteiger partial charge in [-0.3, -0.25) is 10.1 Å². The lowest BCUT2D eigenvalue weighted by Crippen LogP contribution is -2.32. The minimum atomic E-state index is -3.34. The molecule has 8 aromatic rings. The summed E-state index contributed by atoms with van der Waals surface area (Å²) in [7, 11) is -3.34. The van der Waals surface area contributed by atoms with Gasteiger partial charge in [0.05, 0.1) is 68.5 Å². The summed E-state index contributed by atoms with van der Waals surface area (Å²) in [5.41, 5.74) is 5.30. The third-order valence-corrected chi connectivity index (χ3v) is 15.1. The zero-order chi connectivity index (χ0) is 60.5. The highest BCUT2D eigenvalue weighted by atomic mass is 32.2. The molecule has 0 bridgehead atoms. The van der Waals surface area contributed by atoms with Crippen molar-refractivity contribution in [2.75, 3.05) is 68.2 Å². The molecule has 0 atom stereocenters. The van der Waals surface area contributed by atoms with E-state index in [-0.39, 0.29) is 60.7 Å². The number of ether oxygens (including phenoxy) is 4. The van der Waals surface area contributed by atoms with Gasteiger partial charge in [0, 0.05) is 48.9 Å². The molecular weight excluding hydrogens is 1110 g/mol. The minimum absolute atomic E-state index is 0.000511. The number of anilines is 2. The number of unbranched alkanes of at least 4 members (excludes halogenated alkanes) is 2. The molecule has 0 saturated heterocycles. The Kier molecular flexibility index (Phi) is 22.4. The Morgan fingerprint density at radius 1 is 0.570 bits per heavy atom. The summed E-state index contributed by atoms with van der Waals surface area (Å²) in [6, 6.07) is 53.4. The fourth-order valence-corrected chi connectivity index (χ4v) is 9.60. The van der Waals surface area contributed by atoms with E-state index in [2.05, 4.69) is 43.1 Å². The van der Waals surface area contributed by atoms with E-state index >= 15 is 0 Å². The lowest BCUT2D eigenvalue weighted by Gasteiger charge is -2.24. The third kappa shape index (κ3) is 18.0. The second-order valence-corrected chi connectivity index (χ2v) is 21.4. The van der Waals surface area contributed by atoms with Crippen LogP contribution in [0, 0.1) is 34.3 Å². The van der Waals surface area contributed by atoms with E-state index in [4.69, 9.17) is 25.4 Å². The van der Waals surface area contributed by atoms with Crippen LogP contribution in [0.1, 0.15) is 69.2 Å². The summed E-state index contributed by atoms with van der Waals surface area (Å²) in [4.78, 5) is 54.3. The van der Waals surface area contributed by atoms with Crippen LogP contribution in [-0.4, -0.2) is 89.6 Å². The number of sulfone groups is 1. The zero-order valence-electron chi connectivity index (χ0n) is 47.2. The van der Waals surface area contributed by atoms with E-state index in [1.807, 2.05) is 77.7 Å². The van der Waals surface area contributed by atoms with Crippen molar-refractivity contribution in [3.05, 3.63) is 220 Å². The van der Waals surface area contributed by atoms with Gasteiger partial charge in [0.25, 0.3) is 5.69 Å². The van der Waals surface area contributed by atoms with Gasteiger partial charge in [-0.05, 0) is 145 Å². The first-order valence-corrected chi connectivity index (χ1v) is 29.4. The monoisotopic (exact) mass is 1170 g/mol. The second-order valence-electron chi connectivity index (χ2n) is 19.2. The summed E-state index contributed by atoms with van der Waals surface area (Å²) < 4.78 is 47.0. The van der Waals surface area contributed by atoms with Crippen LogP contribution >= 0.6 is 0 Å². The predicted octanol–water partition coefficient (Wildman–Crippen LogP) is 14.2. The molecular formula is C67H61N7O11S. The van der Waals surface area contributed by atoms with Gasteiger partial charge < -0.3 is 28.7 Å². The van der Waals surface area contributed by atoms with Crippen molar-refractivity contribution >= 4 is 78.3 Å². The van der Waals surface area contributed by atoms with E-state index in [1.54, 1.807) is 91.9 Å². The van der Waals surface area contributed by atoms with Gasteiger partial charge in [0.2, 0.25) is 0 Å². The minimum Gasteiger partial charge on any atom is -0.487 e. The molecule has 0 saturated carbocycles. The van der Waals surface area contributed by atoms with Gasteiger partial charge in [-0.2, -0.15) is 15.3 Å². The van der Waals surface area contributed by atoms with Crippen molar-refractivity contribution in [3.8, 4) is 29.9 Å². The number of nitro benzene ring substituents is 1.